The van der Waals surface area contributed by atoms with Crippen LogP contribution in [0.4, 0.5) is 5.69 Å². The van der Waals surface area contributed by atoms with E-state index in [1.807, 2.05) is 0 Å². The summed E-state index contributed by atoms with van der Waals surface area (Å²) >= 11 is 0. The van der Waals surface area contributed by atoms with Gasteiger partial charge in [0.15, 0.2) is 0 Å². The van der Waals surface area contributed by atoms with Gasteiger partial charge >= 0.3 is 0 Å². The number of nitrogen functional groups attached to an aromatic ring is 1. The number of aliphatic hydroxyl groups is 1. The van der Waals surface area contributed by atoms with Crippen LogP contribution < -0.4 is 10.5 Å². The molecule has 0 bridgehead atoms. The minimum absolute atomic E-state index is 0.0647. The third-order valence-corrected chi connectivity index (χ3v) is 5.16. The van der Waals surface area contributed by atoms with Crippen LogP contribution in [-0.4, -0.2) is 44.1 Å². The highest BCUT2D eigenvalue weighted by Gasteiger charge is 2.33. The molecule has 0 aliphatic rings. The van der Waals surface area contributed by atoms with Gasteiger partial charge in [0.25, 0.3) is 0 Å². The third-order valence-electron chi connectivity index (χ3n) is 3.10. The lowest BCUT2D eigenvalue weighted by molar-refractivity contribution is 0.138. The molecule has 1 aromatic rings. The van der Waals surface area contributed by atoms with Gasteiger partial charge in [-0.1, -0.05) is 0 Å². The number of nitrogens with zero attached hydrogens (tertiary/aromatic N) is 1. The highest BCUT2D eigenvalue weighted by molar-refractivity contribution is 7.89. The van der Waals surface area contributed by atoms with Crippen molar-refractivity contribution < 1.29 is 18.3 Å². The zero-order valence-electron chi connectivity index (χ0n) is 11.5. The maximum atomic E-state index is 12.4. The van der Waals surface area contributed by atoms with Crippen LogP contribution in [-0.2, 0) is 10.0 Å². The van der Waals surface area contributed by atoms with E-state index in [1.165, 1.54) is 32.4 Å². The maximum Gasteiger partial charge on any atom is 0.243 e. The van der Waals surface area contributed by atoms with Gasteiger partial charge in [-0.3, -0.25) is 0 Å². The molecule has 0 fully saturated rings. The number of hydrogen-bond donors (Lipinski definition) is 2. The number of rotatable bonds is 5. The van der Waals surface area contributed by atoms with E-state index in [0.717, 1.165) is 4.31 Å². The molecule has 108 valence electrons. The van der Waals surface area contributed by atoms with Crippen molar-refractivity contribution in [3.8, 4) is 5.75 Å². The Bertz CT molecular complexity index is 555. The van der Waals surface area contributed by atoms with Crippen LogP contribution in [0.15, 0.2) is 23.1 Å². The Morgan fingerprint density at radius 2 is 2.00 bits per heavy atom. The molecule has 1 rings (SSSR count). The van der Waals surface area contributed by atoms with Crippen LogP contribution in [0.1, 0.15) is 13.8 Å². The quantitative estimate of drug-likeness (QED) is 0.777. The zero-order chi connectivity index (χ0) is 14.8. The molecule has 0 unspecified atom stereocenters. The summed E-state index contributed by atoms with van der Waals surface area (Å²) < 4.78 is 30.9. The van der Waals surface area contributed by atoms with Crippen molar-refractivity contribution in [1.29, 1.82) is 0 Å². The van der Waals surface area contributed by atoms with Crippen LogP contribution >= 0.6 is 0 Å². The van der Waals surface area contributed by atoms with Gasteiger partial charge in [-0.2, -0.15) is 4.31 Å². The normalized spacial score (nSPS) is 12.7. The first-order valence-corrected chi connectivity index (χ1v) is 7.14. The summed E-state index contributed by atoms with van der Waals surface area (Å²) in [5.74, 6) is 0.419. The van der Waals surface area contributed by atoms with Gasteiger partial charge in [0.1, 0.15) is 5.75 Å². The fourth-order valence-corrected chi connectivity index (χ4v) is 3.00. The Hall–Kier alpha value is -1.31. The summed E-state index contributed by atoms with van der Waals surface area (Å²) in [7, 11) is -0.837. The van der Waals surface area contributed by atoms with Crippen molar-refractivity contribution >= 4 is 15.7 Å². The third kappa shape index (κ3) is 2.99. The molecule has 6 nitrogen and oxygen atoms in total. The van der Waals surface area contributed by atoms with Crippen molar-refractivity contribution in [3.05, 3.63) is 18.2 Å². The number of ether oxygens (including phenoxy) is 1. The molecule has 0 aliphatic heterocycles. The second-order valence-electron chi connectivity index (χ2n) is 4.85. The topological polar surface area (TPSA) is 92.9 Å². The molecule has 0 radical (unpaired) electrons. The van der Waals surface area contributed by atoms with Crippen LogP contribution in [0.25, 0.3) is 0 Å². The number of likely N-dealkylation sites (N-methyl/N-ethyl adjacent to an activating group) is 1. The molecule has 1 aromatic carbocycles. The molecule has 3 N–H and O–H groups in total. The number of benzene rings is 1. The predicted molar refractivity (Wildman–Crippen MR) is 73.5 cm³/mol. The van der Waals surface area contributed by atoms with Crippen LogP contribution in [0.3, 0.4) is 0 Å². The van der Waals surface area contributed by atoms with Crippen LogP contribution in [0, 0.1) is 0 Å². The van der Waals surface area contributed by atoms with E-state index in [4.69, 9.17) is 10.5 Å². The summed E-state index contributed by atoms with van der Waals surface area (Å²) in [6, 6.07) is 4.27. The standard InChI is InChI=1S/C12H20N2O4S/c1-12(2,8-15)14(3)19(16,17)9-5-6-11(18-4)10(13)7-9/h5-7,15H,8,13H2,1-4H3. The molecular formula is C12H20N2O4S. The lowest BCUT2D eigenvalue weighted by atomic mass is 10.1. The van der Waals surface area contributed by atoms with Crippen molar-refractivity contribution in [1.82, 2.24) is 4.31 Å². The van der Waals surface area contributed by atoms with Crippen molar-refractivity contribution in [3.63, 3.8) is 0 Å². The van der Waals surface area contributed by atoms with Gasteiger partial charge in [-0.15, -0.1) is 0 Å². The van der Waals surface area contributed by atoms with Crippen molar-refractivity contribution in [2.45, 2.75) is 24.3 Å². The number of aliphatic hydroxyl groups excluding tert-OH is 1. The molecule has 0 atom stereocenters. The van der Waals surface area contributed by atoms with E-state index in [-0.39, 0.29) is 17.2 Å². The summed E-state index contributed by atoms with van der Waals surface area (Å²) in [6.45, 7) is 2.99. The fourth-order valence-electron chi connectivity index (χ4n) is 1.46. The smallest absolute Gasteiger partial charge is 0.243 e. The Morgan fingerprint density at radius 3 is 2.42 bits per heavy atom. The molecular weight excluding hydrogens is 268 g/mol. The summed E-state index contributed by atoms with van der Waals surface area (Å²) in [4.78, 5) is 0.0647. The van der Waals surface area contributed by atoms with Crippen LogP contribution in [0.2, 0.25) is 0 Å². The monoisotopic (exact) mass is 288 g/mol. The molecule has 0 saturated carbocycles. The Labute approximate surface area is 113 Å². The molecule has 0 spiro atoms. The predicted octanol–water partition coefficient (Wildman–Crippen LogP) is 0.669. The number of anilines is 1. The first kappa shape index (κ1) is 15.7. The zero-order valence-corrected chi connectivity index (χ0v) is 12.4. The maximum absolute atomic E-state index is 12.4. The molecule has 0 amide bonds. The van der Waals surface area contributed by atoms with E-state index < -0.39 is 15.6 Å². The number of hydrogen-bond acceptors (Lipinski definition) is 5. The number of nitrogens with two attached hydrogens (primary N) is 1. The highest BCUT2D eigenvalue weighted by atomic mass is 32.2. The minimum atomic E-state index is -3.72. The molecule has 0 aliphatic carbocycles. The second-order valence-corrected chi connectivity index (χ2v) is 6.82. The average molecular weight is 288 g/mol. The Kier molecular flexibility index (Phi) is 4.44. The summed E-state index contributed by atoms with van der Waals surface area (Å²) in [5.41, 5.74) is 5.07. The average Bonchev–Trinajstić information content (AvgIpc) is 2.37. The van der Waals surface area contributed by atoms with E-state index in [1.54, 1.807) is 13.8 Å². The van der Waals surface area contributed by atoms with E-state index >= 15 is 0 Å². The highest BCUT2D eigenvalue weighted by Crippen LogP contribution is 2.28. The van der Waals surface area contributed by atoms with Gasteiger partial charge in [0.2, 0.25) is 10.0 Å². The van der Waals surface area contributed by atoms with E-state index in [2.05, 4.69) is 0 Å². The van der Waals surface area contributed by atoms with Crippen LogP contribution in [0.5, 0.6) is 5.75 Å². The molecule has 19 heavy (non-hydrogen) atoms. The molecule has 7 heteroatoms. The first-order chi connectivity index (χ1) is 8.66. The SMILES string of the molecule is COc1ccc(S(=O)(=O)N(C)C(C)(C)CO)cc1N. The van der Waals surface area contributed by atoms with Gasteiger partial charge in [-0.25, -0.2) is 8.42 Å². The first-order valence-electron chi connectivity index (χ1n) is 5.70. The van der Waals surface area contributed by atoms with Gasteiger partial charge < -0.3 is 15.6 Å². The van der Waals surface area contributed by atoms with Crippen molar-refractivity contribution in [2.75, 3.05) is 26.5 Å². The van der Waals surface area contributed by atoms with Crippen molar-refractivity contribution in [2.24, 2.45) is 0 Å². The van der Waals surface area contributed by atoms with E-state index in [0.29, 0.717) is 5.75 Å². The lowest BCUT2D eigenvalue weighted by Gasteiger charge is -2.32. The van der Waals surface area contributed by atoms with Gasteiger partial charge in [0, 0.05) is 7.05 Å². The summed E-state index contributed by atoms with van der Waals surface area (Å²) in [5, 5.41) is 9.26. The summed E-state index contributed by atoms with van der Waals surface area (Å²) in [6.07, 6.45) is 0. The largest absolute Gasteiger partial charge is 0.495 e. The lowest BCUT2D eigenvalue weighted by Crippen LogP contribution is -2.47. The Balaban J connectivity index is 3.25. The molecule has 0 aromatic heterocycles. The number of methoxy groups -OCH3 is 1. The number of sulfonamides is 1. The Morgan fingerprint density at radius 1 is 1.42 bits per heavy atom. The fraction of sp³-hybridized carbons (Fsp3) is 0.500. The van der Waals surface area contributed by atoms with E-state index in [9.17, 15) is 13.5 Å². The molecule has 0 heterocycles. The minimum Gasteiger partial charge on any atom is -0.495 e. The second kappa shape index (κ2) is 5.36. The molecule has 0 saturated heterocycles. The van der Waals surface area contributed by atoms with Gasteiger partial charge in [0.05, 0.1) is 29.8 Å². The van der Waals surface area contributed by atoms with Gasteiger partial charge in [-0.05, 0) is 32.0 Å².